The van der Waals surface area contributed by atoms with Crippen LogP contribution >= 0.6 is 0 Å². The van der Waals surface area contributed by atoms with E-state index in [0.717, 1.165) is 31.0 Å². The minimum Gasteiger partial charge on any atom is -0.332 e. The van der Waals surface area contributed by atoms with Crippen LogP contribution < -0.4 is 4.90 Å². The molecule has 0 amide bonds. The fourth-order valence-electron chi connectivity index (χ4n) is 2.83. The van der Waals surface area contributed by atoms with E-state index < -0.39 is 11.9 Å². The molecule has 0 spiro atoms. The van der Waals surface area contributed by atoms with Crippen LogP contribution in [0.3, 0.4) is 0 Å². The lowest BCUT2D eigenvalue weighted by molar-refractivity contribution is -0.141. The number of piperidine rings is 1. The highest BCUT2D eigenvalue weighted by atomic mass is 19.4. The second-order valence-electron chi connectivity index (χ2n) is 5.32. The Morgan fingerprint density at radius 3 is 2.68 bits per heavy atom. The van der Waals surface area contributed by atoms with Crippen molar-refractivity contribution in [1.29, 1.82) is 0 Å². The highest BCUT2D eigenvalue weighted by Crippen LogP contribution is 2.34. The van der Waals surface area contributed by atoms with Gasteiger partial charge in [-0.25, -0.2) is 9.97 Å². The summed E-state index contributed by atoms with van der Waals surface area (Å²) in [6.45, 7) is 0.636. The lowest BCUT2D eigenvalue weighted by atomic mass is 10.00. The van der Waals surface area contributed by atoms with Gasteiger partial charge in [0.25, 0.3) is 0 Å². The molecule has 118 valence electrons. The Kier molecular flexibility index (Phi) is 3.76. The maximum atomic E-state index is 12.8. The van der Waals surface area contributed by atoms with Crippen molar-refractivity contribution in [1.82, 2.24) is 19.7 Å². The largest absolute Gasteiger partial charge is 0.433 e. The van der Waals surface area contributed by atoms with Crippen molar-refractivity contribution in [3.63, 3.8) is 0 Å². The number of aryl methyl sites for hydroxylation is 1. The number of hydrogen-bond donors (Lipinski definition) is 0. The summed E-state index contributed by atoms with van der Waals surface area (Å²) in [5.41, 5.74) is 0.0486. The van der Waals surface area contributed by atoms with E-state index in [1.54, 1.807) is 10.9 Å². The third kappa shape index (κ3) is 2.77. The standard InChI is InChI=1S/C14H16F3N5/c1-21-10(5-8-19-21)11-4-2-3-9-22(11)13-18-7-6-12(20-13)14(15,16)17/h5-8,11H,2-4,9H2,1H3/t11-/m1/s1. The van der Waals surface area contributed by atoms with Gasteiger partial charge in [0.2, 0.25) is 5.95 Å². The Hall–Kier alpha value is -2.12. The smallest absolute Gasteiger partial charge is 0.332 e. The molecule has 3 rings (SSSR count). The summed E-state index contributed by atoms with van der Waals surface area (Å²) in [6, 6.07) is 2.73. The van der Waals surface area contributed by atoms with Crippen LogP contribution in [-0.4, -0.2) is 26.3 Å². The number of anilines is 1. The number of aromatic nitrogens is 4. The van der Waals surface area contributed by atoms with Crippen LogP contribution in [0.25, 0.3) is 0 Å². The third-order valence-corrected chi connectivity index (χ3v) is 3.89. The van der Waals surface area contributed by atoms with Gasteiger partial charge in [-0.2, -0.15) is 18.3 Å². The first-order chi connectivity index (χ1) is 10.5. The second kappa shape index (κ2) is 5.58. The third-order valence-electron chi connectivity index (χ3n) is 3.89. The molecule has 1 aliphatic heterocycles. The molecular formula is C14H16F3N5. The monoisotopic (exact) mass is 311 g/mol. The van der Waals surface area contributed by atoms with Crippen molar-refractivity contribution in [3.05, 3.63) is 35.9 Å². The van der Waals surface area contributed by atoms with Gasteiger partial charge in [-0.3, -0.25) is 4.68 Å². The molecule has 0 aromatic carbocycles. The van der Waals surface area contributed by atoms with Crippen LogP contribution in [0, 0.1) is 0 Å². The van der Waals surface area contributed by atoms with Crippen LogP contribution in [0.1, 0.15) is 36.7 Å². The first kappa shape index (κ1) is 14.8. The van der Waals surface area contributed by atoms with E-state index in [4.69, 9.17) is 0 Å². The molecule has 0 bridgehead atoms. The van der Waals surface area contributed by atoms with E-state index in [-0.39, 0.29) is 12.0 Å². The van der Waals surface area contributed by atoms with Gasteiger partial charge < -0.3 is 4.90 Å². The maximum absolute atomic E-state index is 12.8. The molecule has 1 fully saturated rings. The predicted molar refractivity (Wildman–Crippen MR) is 74.2 cm³/mol. The van der Waals surface area contributed by atoms with Gasteiger partial charge in [0.1, 0.15) is 5.69 Å². The molecule has 0 saturated carbocycles. The van der Waals surface area contributed by atoms with Crippen LogP contribution in [0.5, 0.6) is 0 Å². The molecule has 1 atom stereocenters. The van der Waals surface area contributed by atoms with Crippen LogP contribution in [0.4, 0.5) is 19.1 Å². The number of nitrogens with zero attached hydrogens (tertiary/aromatic N) is 5. The minimum atomic E-state index is -4.46. The zero-order valence-corrected chi connectivity index (χ0v) is 12.1. The number of alkyl halides is 3. The van der Waals surface area contributed by atoms with E-state index >= 15 is 0 Å². The molecular weight excluding hydrogens is 295 g/mol. The van der Waals surface area contributed by atoms with Gasteiger partial charge in [0, 0.05) is 26.0 Å². The van der Waals surface area contributed by atoms with Gasteiger partial charge in [-0.05, 0) is 31.4 Å². The summed E-state index contributed by atoms with van der Waals surface area (Å²) in [5.74, 6) is 0.126. The normalized spacial score (nSPS) is 19.5. The van der Waals surface area contributed by atoms with E-state index in [2.05, 4.69) is 15.1 Å². The first-order valence-electron chi connectivity index (χ1n) is 7.11. The topological polar surface area (TPSA) is 46.8 Å². The summed E-state index contributed by atoms with van der Waals surface area (Å²) in [7, 11) is 1.83. The van der Waals surface area contributed by atoms with Crippen LogP contribution in [-0.2, 0) is 13.2 Å². The zero-order valence-electron chi connectivity index (χ0n) is 12.1. The van der Waals surface area contributed by atoms with Gasteiger partial charge in [-0.15, -0.1) is 0 Å². The lowest BCUT2D eigenvalue weighted by Crippen LogP contribution is -2.36. The predicted octanol–water partition coefficient (Wildman–Crippen LogP) is 2.96. The average Bonchev–Trinajstić information content (AvgIpc) is 2.92. The summed E-state index contributed by atoms with van der Waals surface area (Å²) in [4.78, 5) is 9.61. The fraction of sp³-hybridized carbons (Fsp3) is 0.500. The van der Waals surface area contributed by atoms with Gasteiger partial charge in [0.05, 0.1) is 11.7 Å². The molecule has 0 radical (unpaired) electrons. The van der Waals surface area contributed by atoms with E-state index in [9.17, 15) is 13.2 Å². The molecule has 22 heavy (non-hydrogen) atoms. The summed E-state index contributed by atoms with van der Waals surface area (Å²) >= 11 is 0. The van der Waals surface area contributed by atoms with Crippen LogP contribution in [0.15, 0.2) is 24.5 Å². The molecule has 2 aromatic heterocycles. The lowest BCUT2D eigenvalue weighted by Gasteiger charge is -2.35. The second-order valence-corrected chi connectivity index (χ2v) is 5.32. The maximum Gasteiger partial charge on any atom is 0.433 e. The number of hydrogen-bond acceptors (Lipinski definition) is 4. The van der Waals surface area contributed by atoms with Crippen molar-refractivity contribution in [2.45, 2.75) is 31.5 Å². The van der Waals surface area contributed by atoms with Gasteiger partial charge >= 0.3 is 6.18 Å². The van der Waals surface area contributed by atoms with Crippen molar-refractivity contribution < 1.29 is 13.2 Å². The highest BCUT2D eigenvalue weighted by Gasteiger charge is 2.34. The van der Waals surface area contributed by atoms with Crippen molar-refractivity contribution in [2.24, 2.45) is 7.05 Å². The molecule has 8 heteroatoms. The Labute approximate surface area is 125 Å². The average molecular weight is 311 g/mol. The molecule has 0 aliphatic carbocycles. The number of halogens is 3. The molecule has 3 heterocycles. The van der Waals surface area contributed by atoms with Gasteiger partial charge in [-0.1, -0.05) is 0 Å². The summed E-state index contributed by atoms with van der Waals surface area (Å²) in [5, 5.41) is 4.15. The van der Waals surface area contributed by atoms with Crippen molar-refractivity contribution in [2.75, 3.05) is 11.4 Å². The van der Waals surface area contributed by atoms with Crippen molar-refractivity contribution in [3.8, 4) is 0 Å². The van der Waals surface area contributed by atoms with E-state index in [1.165, 1.54) is 6.20 Å². The first-order valence-corrected chi connectivity index (χ1v) is 7.11. The molecule has 1 aliphatic rings. The number of rotatable bonds is 2. The molecule has 0 unspecified atom stereocenters. The van der Waals surface area contributed by atoms with Crippen LogP contribution in [0.2, 0.25) is 0 Å². The Morgan fingerprint density at radius 2 is 2.00 bits per heavy atom. The fourth-order valence-corrected chi connectivity index (χ4v) is 2.83. The van der Waals surface area contributed by atoms with Gasteiger partial charge in [0.15, 0.2) is 0 Å². The Bertz CT molecular complexity index is 652. The Balaban J connectivity index is 1.96. The quantitative estimate of drug-likeness (QED) is 0.855. The Morgan fingerprint density at radius 1 is 1.18 bits per heavy atom. The zero-order chi connectivity index (χ0) is 15.7. The molecule has 5 nitrogen and oxygen atoms in total. The van der Waals surface area contributed by atoms with Crippen molar-refractivity contribution >= 4 is 5.95 Å². The molecule has 1 saturated heterocycles. The molecule has 2 aromatic rings. The summed E-state index contributed by atoms with van der Waals surface area (Å²) < 4.78 is 40.3. The molecule has 0 N–H and O–H groups in total. The van der Waals surface area contributed by atoms with E-state index in [1.807, 2.05) is 18.0 Å². The van der Waals surface area contributed by atoms with E-state index in [0.29, 0.717) is 6.54 Å². The minimum absolute atomic E-state index is 0.0512. The SMILES string of the molecule is Cn1nccc1[C@H]1CCCCN1c1nccc(C(F)(F)F)n1. The highest BCUT2D eigenvalue weighted by molar-refractivity contribution is 5.36. The summed E-state index contributed by atoms with van der Waals surface area (Å²) in [6.07, 6.45) is 1.17.